The molecular formula is C24H14BrNS. The summed E-state index contributed by atoms with van der Waals surface area (Å²) >= 11 is 5.66. The molecule has 2 aromatic heterocycles. The topological polar surface area (TPSA) is 4.93 Å². The van der Waals surface area contributed by atoms with Crippen molar-refractivity contribution in [1.82, 2.24) is 4.57 Å². The number of aromatic nitrogens is 1. The summed E-state index contributed by atoms with van der Waals surface area (Å²) in [4.78, 5) is 0. The molecular weight excluding hydrogens is 414 g/mol. The molecule has 27 heavy (non-hydrogen) atoms. The summed E-state index contributed by atoms with van der Waals surface area (Å²) in [6, 6.07) is 30.5. The van der Waals surface area contributed by atoms with Gasteiger partial charge >= 0.3 is 0 Å². The van der Waals surface area contributed by atoms with Gasteiger partial charge in [0, 0.05) is 41.1 Å². The van der Waals surface area contributed by atoms with E-state index in [0.29, 0.717) is 0 Å². The number of rotatable bonds is 1. The SMILES string of the molecule is Brc1cccc2c3cc4sc5ccccc5c4cc3n(-c3ccccc3)c12. The highest BCUT2D eigenvalue weighted by molar-refractivity contribution is 9.10. The number of nitrogens with zero attached hydrogens (tertiary/aromatic N) is 1. The van der Waals surface area contributed by atoms with Gasteiger partial charge in [0.1, 0.15) is 0 Å². The number of benzene rings is 4. The number of fused-ring (bicyclic) bond motifs is 6. The minimum absolute atomic E-state index is 1.12. The van der Waals surface area contributed by atoms with E-state index in [0.717, 1.165) is 4.47 Å². The quantitative estimate of drug-likeness (QED) is 0.251. The summed E-state index contributed by atoms with van der Waals surface area (Å²) < 4.78 is 6.18. The van der Waals surface area contributed by atoms with E-state index in [1.807, 2.05) is 11.3 Å². The zero-order chi connectivity index (χ0) is 18.0. The van der Waals surface area contributed by atoms with Gasteiger partial charge in [0.05, 0.1) is 11.0 Å². The van der Waals surface area contributed by atoms with Crippen LogP contribution in [0.1, 0.15) is 0 Å². The van der Waals surface area contributed by atoms with E-state index in [1.54, 1.807) is 0 Å². The van der Waals surface area contributed by atoms with Crippen molar-refractivity contribution in [3.05, 3.63) is 89.4 Å². The molecule has 0 aliphatic rings. The Labute approximate surface area is 168 Å². The maximum absolute atomic E-state index is 3.79. The molecule has 0 saturated carbocycles. The van der Waals surface area contributed by atoms with E-state index in [9.17, 15) is 0 Å². The number of hydrogen-bond acceptors (Lipinski definition) is 1. The van der Waals surface area contributed by atoms with Crippen LogP contribution in [0.2, 0.25) is 0 Å². The summed E-state index contributed by atoms with van der Waals surface area (Å²) in [5.74, 6) is 0. The number of para-hydroxylation sites is 2. The highest BCUT2D eigenvalue weighted by Gasteiger charge is 2.16. The van der Waals surface area contributed by atoms with Crippen LogP contribution in [0.25, 0.3) is 47.7 Å². The van der Waals surface area contributed by atoms with E-state index in [2.05, 4.69) is 105 Å². The van der Waals surface area contributed by atoms with Gasteiger partial charge in [-0.2, -0.15) is 0 Å². The lowest BCUT2D eigenvalue weighted by Crippen LogP contribution is -1.93. The highest BCUT2D eigenvalue weighted by atomic mass is 79.9. The Hall–Kier alpha value is -2.62. The van der Waals surface area contributed by atoms with E-state index in [4.69, 9.17) is 0 Å². The van der Waals surface area contributed by atoms with E-state index in [1.165, 1.54) is 47.7 Å². The van der Waals surface area contributed by atoms with Crippen molar-refractivity contribution < 1.29 is 0 Å². The number of hydrogen-bond donors (Lipinski definition) is 0. The first-order chi connectivity index (χ1) is 13.3. The predicted octanol–water partition coefficient (Wildman–Crippen LogP) is 7.91. The summed E-state index contributed by atoms with van der Waals surface area (Å²) in [5.41, 5.74) is 3.66. The molecule has 0 N–H and O–H groups in total. The van der Waals surface area contributed by atoms with Gasteiger partial charge in [-0.3, -0.25) is 0 Å². The number of thiophene rings is 1. The molecule has 128 valence electrons. The van der Waals surface area contributed by atoms with Crippen molar-refractivity contribution in [3.63, 3.8) is 0 Å². The van der Waals surface area contributed by atoms with Crippen molar-refractivity contribution in [2.24, 2.45) is 0 Å². The van der Waals surface area contributed by atoms with Crippen LogP contribution in [-0.4, -0.2) is 4.57 Å². The van der Waals surface area contributed by atoms with Crippen molar-refractivity contribution in [2.75, 3.05) is 0 Å². The van der Waals surface area contributed by atoms with Gasteiger partial charge in [-0.05, 0) is 52.3 Å². The van der Waals surface area contributed by atoms with Crippen LogP contribution in [0.15, 0.2) is 89.4 Å². The molecule has 0 unspecified atom stereocenters. The zero-order valence-corrected chi connectivity index (χ0v) is 16.7. The highest BCUT2D eigenvalue weighted by Crippen LogP contribution is 2.41. The van der Waals surface area contributed by atoms with Gasteiger partial charge in [0.15, 0.2) is 0 Å². The van der Waals surface area contributed by atoms with Crippen LogP contribution >= 0.6 is 27.3 Å². The minimum atomic E-state index is 1.12. The minimum Gasteiger partial charge on any atom is -0.308 e. The number of halogens is 1. The molecule has 1 nitrogen and oxygen atoms in total. The Morgan fingerprint density at radius 1 is 0.630 bits per heavy atom. The summed E-state index contributed by atoms with van der Waals surface area (Å²) in [7, 11) is 0. The Morgan fingerprint density at radius 3 is 2.30 bits per heavy atom. The van der Waals surface area contributed by atoms with Gasteiger partial charge in [0.2, 0.25) is 0 Å². The van der Waals surface area contributed by atoms with Crippen LogP contribution in [-0.2, 0) is 0 Å². The first-order valence-corrected chi connectivity index (χ1v) is 10.5. The van der Waals surface area contributed by atoms with E-state index < -0.39 is 0 Å². The zero-order valence-electron chi connectivity index (χ0n) is 14.3. The molecule has 2 heterocycles. The lowest BCUT2D eigenvalue weighted by Gasteiger charge is -2.08. The first kappa shape index (κ1) is 15.4. The second kappa shape index (κ2) is 5.69. The maximum atomic E-state index is 3.79. The molecule has 0 fully saturated rings. The monoisotopic (exact) mass is 427 g/mol. The molecule has 0 radical (unpaired) electrons. The fourth-order valence-corrected chi connectivity index (χ4v) is 5.76. The van der Waals surface area contributed by atoms with Crippen molar-refractivity contribution in [1.29, 1.82) is 0 Å². The van der Waals surface area contributed by atoms with Crippen molar-refractivity contribution in [2.45, 2.75) is 0 Å². The lowest BCUT2D eigenvalue weighted by molar-refractivity contribution is 1.18. The van der Waals surface area contributed by atoms with Gasteiger partial charge < -0.3 is 4.57 Å². The normalized spacial score (nSPS) is 11.9. The van der Waals surface area contributed by atoms with Gasteiger partial charge in [-0.15, -0.1) is 11.3 Å². The lowest BCUT2D eigenvalue weighted by atomic mass is 10.1. The second-order valence-electron chi connectivity index (χ2n) is 6.77. The standard InChI is InChI=1S/C24H14BrNS/c25-20-11-6-10-17-18-14-23-19(16-9-4-5-12-22(16)27-23)13-21(18)26(24(17)20)15-7-2-1-3-8-15/h1-14H. The Morgan fingerprint density at radius 2 is 1.41 bits per heavy atom. The molecule has 0 saturated heterocycles. The van der Waals surface area contributed by atoms with E-state index >= 15 is 0 Å². The molecule has 0 aliphatic heterocycles. The fraction of sp³-hybridized carbons (Fsp3) is 0. The molecule has 0 spiro atoms. The third-order valence-corrected chi connectivity index (χ3v) is 7.02. The van der Waals surface area contributed by atoms with E-state index in [-0.39, 0.29) is 0 Å². The van der Waals surface area contributed by atoms with Crippen LogP contribution in [0.5, 0.6) is 0 Å². The average Bonchev–Trinajstić information content (AvgIpc) is 3.23. The average molecular weight is 428 g/mol. The van der Waals surface area contributed by atoms with Crippen LogP contribution < -0.4 is 0 Å². The molecule has 6 rings (SSSR count). The Kier molecular flexibility index (Phi) is 3.25. The van der Waals surface area contributed by atoms with Crippen LogP contribution in [0, 0.1) is 0 Å². The summed E-state index contributed by atoms with van der Waals surface area (Å²) in [5, 5.41) is 5.25. The third kappa shape index (κ3) is 2.16. The molecule has 0 amide bonds. The largest absolute Gasteiger partial charge is 0.308 e. The van der Waals surface area contributed by atoms with Gasteiger partial charge in [0.25, 0.3) is 0 Å². The van der Waals surface area contributed by atoms with Crippen molar-refractivity contribution >= 4 is 69.2 Å². The molecule has 0 bridgehead atoms. The van der Waals surface area contributed by atoms with Crippen LogP contribution in [0.4, 0.5) is 0 Å². The van der Waals surface area contributed by atoms with Crippen molar-refractivity contribution in [3.8, 4) is 5.69 Å². The first-order valence-electron chi connectivity index (χ1n) is 8.90. The summed E-state index contributed by atoms with van der Waals surface area (Å²) in [6.45, 7) is 0. The molecule has 6 aromatic rings. The molecule has 0 atom stereocenters. The smallest absolute Gasteiger partial charge is 0.0683 e. The molecule has 4 aromatic carbocycles. The Bertz CT molecular complexity index is 1470. The van der Waals surface area contributed by atoms with Crippen LogP contribution in [0.3, 0.4) is 0 Å². The third-order valence-electron chi connectivity index (χ3n) is 5.25. The summed E-state index contributed by atoms with van der Waals surface area (Å²) in [6.07, 6.45) is 0. The fourth-order valence-electron chi connectivity index (χ4n) is 4.09. The Balaban J connectivity index is 1.88. The predicted molar refractivity (Wildman–Crippen MR) is 121 cm³/mol. The second-order valence-corrected chi connectivity index (χ2v) is 8.71. The van der Waals surface area contributed by atoms with Gasteiger partial charge in [-0.1, -0.05) is 48.5 Å². The maximum Gasteiger partial charge on any atom is 0.0683 e. The molecule has 3 heteroatoms. The van der Waals surface area contributed by atoms with Gasteiger partial charge in [-0.25, -0.2) is 0 Å². The molecule has 0 aliphatic carbocycles.